The molecule has 1 aromatic rings. The van der Waals surface area contributed by atoms with Crippen molar-refractivity contribution in [3.63, 3.8) is 0 Å². The summed E-state index contributed by atoms with van der Waals surface area (Å²) in [7, 11) is 0. The van der Waals surface area contributed by atoms with E-state index >= 15 is 0 Å². The number of hydrogen-bond donors (Lipinski definition) is 1. The van der Waals surface area contributed by atoms with E-state index in [1.165, 1.54) is 11.8 Å². The molecule has 6 nitrogen and oxygen atoms in total. The van der Waals surface area contributed by atoms with E-state index in [1.54, 1.807) is 4.90 Å². The van der Waals surface area contributed by atoms with E-state index in [4.69, 9.17) is 14.7 Å². The molecule has 0 saturated carbocycles. The fraction of sp³-hybridized carbons (Fsp3) is 0.615. The Labute approximate surface area is 201 Å². The Morgan fingerprint density at radius 2 is 2.00 bits per heavy atom. The van der Waals surface area contributed by atoms with Crippen molar-refractivity contribution in [2.24, 2.45) is 0 Å². The summed E-state index contributed by atoms with van der Waals surface area (Å²) in [6.45, 7) is 12.1. The number of phenols is 1. The van der Waals surface area contributed by atoms with E-state index in [0.717, 1.165) is 48.3 Å². The lowest BCUT2D eigenvalue weighted by molar-refractivity contribution is -0.170. The molecule has 0 radical (unpaired) electrons. The highest BCUT2D eigenvalue weighted by atomic mass is 32.2. The third-order valence-corrected chi connectivity index (χ3v) is 7.10. The van der Waals surface area contributed by atoms with Crippen LogP contribution in [0.5, 0.6) is 5.75 Å². The average molecular weight is 473 g/mol. The van der Waals surface area contributed by atoms with Crippen LogP contribution in [0.25, 0.3) is 6.08 Å². The Bertz CT molecular complexity index is 937. The minimum Gasteiger partial charge on any atom is -0.507 e. The zero-order valence-electron chi connectivity index (χ0n) is 20.4. The Morgan fingerprint density at radius 1 is 1.27 bits per heavy atom. The summed E-state index contributed by atoms with van der Waals surface area (Å²) in [5.41, 5.74) is 1.74. The third-order valence-electron chi connectivity index (χ3n) is 6.11. The fourth-order valence-corrected chi connectivity index (χ4v) is 5.13. The number of rotatable bonds is 6. The summed E-state index contributed by atoms with van der Waals surface area (Å²) >= 11 is 1.51. The van der Waals surface area contributed by atoms with Gasteiger partial charge in [0, 0.05) is 35.4 Å². The number of ether oxygens (including phenoxy) is 2. The van der Waals surface area contributed by atoms with Crippen LogP contribution in [0.1, 0.15) is 70.6 Å². The first-order valence-electron chi connectivity index (χ1n) is 11.6. The van der Waals surface area contributed by atoms with Crippen molar-refractivity contribution in [1.29, 1.82) is 5.26 Å². The van der Waals surface area contributed by atoms with Gasteiger partial charge in [-0.25, -0.2) is 0 Å². The molecule has 1 N–H and O–H groups in total. The second kappa shape index (κ2) is 10.5. The number of thioether (sulfide) groups is 1. The number of amides is 1. The Balaban J connectivity index is 1.96. The maximum absolute atomic E-state index is 12.8. The van der Waals surface area contributed by atoms with Gasteiger partial charge in [-0.3, -0.25) is 4.79 Å². The molecular weight excluding hydrogens is 436 g/mol. The zero-order chi connectivity index (χ0) is 24.2. The van der Waals surface area contributed by atoms with Crippen LogP contribution in [0.2, 0.25) is 0 Å². The summed E-state index contributed by atoms with van der Waals surface area (Å²) in [4.78, 5) is 15.0. The summed E-state index contributed by atoms with van der Waals surface area (Å²) < 4.78 is 11.8. The van der Waals surface area contributed by atoms with E-state index in [2.05, 4.69) is 40.7 Å². The highest BCUT2D eigenvalue weighted by Gasteiger charge is 2.31. The number of phenolic OH excluding ortho intramolecular Hbond substituents is 1. The summed E-state index contributed by atoms with van der Waals surface area (Å²) in [5, 5.41) is 20.3. The van der Waals surface area contributed by atoms with Gasteiger partial charge >= 0.3 is 0 Å². The number of carbonyl (C=O) groups excluding carboxylic acids is 1. The first-order valence-corrected chi connectivity index (χ1v) is 12.6. The molecule has 33 heavy (non-hydrogen) atoms. The van der Waals surface area contributed by atoms with Crippen LogP contribution in [0.4, 0.5) is 0 Å². The molecule has 0 aliphatic carbocycles. The average Bonchev–Trinajstić information content (AvgIpc) is 2.76. The maximum atomic E-state index is 12.8. The van der Waals surface area contributed by atoms with Gasteiger partial charge in [-0.2, -0.15) is 5.26 Å². The summed E-state index contributed by atoms with van der Waals surface area (Å²) in [6, 6.07) is 5.99. The van der Waals surface area contributed by atoms with Crippen molar-refractivity contribution >= 4 is 23.7 Å². The SMILES string of the molecule is CC(C)(C)c1cc(C=C2SCCN(CC#N)C2=O)cc(C(C)(C)COC2CCCCO2)c1O. The Kier molecular flexibility index (Phi) is 8.15. The smallest absolute Gasteiger partial charge is 0.261 e. The second-order valence-electron chi connectivity index (χ2n) is 10.4. The molecule has 2 aliphatic rings. The second-order valence-corrected chi connectivity index (χ2v) is 11.6. The highest BCUT2D eigenvalue weighted by Crippen LogP contribution is 2.41. The van der Waals surface area contributed by atoms with Crippen molar-refractivity contribution in [2.45, 2.75) is 71.0 Å². The van der Waals surface area contributed by atoms with Crippen LogP contribution in [0, 0.1) is 11.3 Å². The minimum atomic E-state index is -0.462. The molecule has 2 aliphatic heterocycles. The van der Waals surface area contributed by atoms with E-state index in [0.29, 0.717) is 18.1 Å². The van der Waals surface area contributed by atoms with Gasteiger partial charge in [0.15, 0.2) is 6.29 Å². The molecule has 2 saturated heterocycles. The van der Waals surface area contributed by atoms with Crippen LogP contribution in [-0.4, -0.2) is 54.3 Å². The van der Waals surface area contributed by atoms with E-state index < -0.39 is 5.41 Å². The first-order chi connectivity index (χ1) is 15.5. The largest absolute Gasteiger partial charge is 0.507 e. The Morgan fingerprint density at radius 3 is 2.64 bits per heavy atom. The molecule has 1 aromatic carbocycles. The third kappa shape index (κ3) is 6.32. The molecule has 0 bridgehead atoms. The number of hydrogen-bond acceptors (Lipinski definition) is 6. The van der Waals surface area contributed by atoms with Gasteiger partial charge in [0.25, 0.3) is 5.91 Å². The van der Waals surface area contributed by atoms with Crippen LogP contribution in [-0.2, 0) is 25.1 Å². The van der Waals surface area contributed by atoms with Gasteiger partial charge in [0.2, 0.25) is 0 Å². The molecular formula is C26H36N2O4S. The lowest BCUT2D eigenvalue weighted by Gasteiger charge is -2.32. The number of carbonyl (C=O) groups is 1. The van der Waals surface area contributed by atoms with Gasteiger partial charge in [-0.05, 0) is 48.4 Å². The molecule has 2 fully saturated rings. The quantitative estimate of drug-likeness (QED) is 0.466. The van der Waals surface area contributed by atoms with Gasteiger partial charge in [-0.1, -0.05) is 34.6 Å². The highest BCUT2D eigenvalue weighted by molar-refractivity contribution is 8.04. The van der Waals surface area contributed by atoms with Gasteiger partial charge in [0.1, 0.15) is 12.3 Å². The summed E-state index contributed by atoms with van der Waals surface area (Å²) in [6.07, 6.45) is 4.74. The van der Waals surface area contributed by atoms with Crippen molar-refractivity contribution in [2.75, 3.05) is 32.1 Å². The van der Waals surface area contributed by atoms with E-state index in [9.17, 15) is 9.90 Å². The lowest BCUT2D eigenvalue weighted by atomic mass is 9.77. The molecule has 2 heterocycles. The predicted molar refractivity (Wildman–Crippen MR) is 132 cm³/mol. The molecule has 0 spiro atoms. The van der Waals surface area contributed by atoms with Crippen LogP contribution in [0.3, 0.4) is 0 Å². The van der Waals surface area contributed by atoms with Crippen molar-refractivity contribution in [1.82, 2.24) is 4.90 Å². The number of benzene rings is 1. The standard InChI is InChI=1S/C26H36N2O4S/c1-25(2,3)19-14-18(16-21-24(30)28(10-9-27)11-13-33-21)15-20(23(19)29)26(4,5)17-32-22-8-6-7-12-31-22/h14-16,22,29H,6-8,10-13,17H2,1-5H3. The molecule has 1 atom stereocenters. The predicted octanol–water partition coefficient (Wildman–Crippen LogP) is 4.95. The van der Waals surface area contributed by atoms with E-state index in [-0.39, 0.29) is 29.9 Å². The topological polar surface area (TPSA) is 82.8 Å². The summed E-state index contributed by atoms with van der Waals surface area (Å²) in [5.74, 6) is 0.921. The maximum Gasteiger partial charge on any atom is 0.261 e. The van der Waals surface area contributed by atoms with Crippen LogP contribution < -0.4 is 0 Å². The van der Waals surface area contributed by atoms with Gasteiger partial charge in [-0.15, -0.1) is 11.8 Å². The Hall–Kier alpha value is -2.01. The van der Waals surface area contributed by atoms with Crippen molar-refractivity contribution < 1.29 is 19.4 Å². The van der Waals surface area contributed by atoms with Crippen LogP contribution in [0.15, 0.2) is 17.0 Å². The minimum absolute atomic E-state index is 0.0956. The number of aromatic hydroxyl groups is 1. The van der Waals surface area contributed by atoms with E-state index in [1.807, 2.05) is 18.2 Å². The van der Waals surface area contributed by atoms with Crippen LogP contribution >= 0.6 is 11.8 Å². The van der Waals surface area contributed by atoms with Crippen molar-refractivity contribution in [3.8, 4) is 11.8 Å². The molecule has 7 heteroatoms. The van der Waals surface area contributed by atoms with Gasteiger partial charge in [0.05, 0.1) is 17.6 Å². The molecule has 1 amide bonds. The monoisotopic (exact) mass is 472 g/mol. The molecule has 1 unspecified atom stereocenters. The molecule has 180 valence electrons. The lowest BCUT2D eigenvalue weighted by Crippen LogP contribution is -2.37. The zero-order valence-corrected chi connectivity index (χ0v) is 21.3. The number of nitrogens with zero attached hydrogens (tertiary/aromatic N) is 2. The van der Waals surface area contributed by atoms with Crippen molar-refractivity contribution in [3.05, 3.63) is 33.7 Å². The molecule has 0 aromatic heterocycles. The first kappa shape index (κ1) is 25.6. The van der Waals surface area contributed by atoms with Gasteiger partial charge < -0.3 is 19.5 Å². The number of nitriles is 1. The molecule has 3 rings (SSSR count). The normalized spacial score (nSPS) is 21.3. The fourth-order valence-electron chi connectivity index (χ4n) is 4.13.